The van der Waals surface area contributed by atoms with E-state index in [1.54, 1.807) is 16.2 Å². The van der Waals surface area contributed by atoms with E-state index in [0.29, 0.717) is 31.2 Å². The Bertz CT molecular complexity index is 734. The molecule has 1 unspecified atom stereocenters. The van der Waals surface area contributed by atoms with Crippen LogP contribution in [0.15, 0.2) is 41.8 Å². The number of amides is 3. The molecule has 5 nitrogen and oxygen atoms in total. The first-order chi connectivity index (χ1) is 12.6. The summed E-state index contributed by atoms with van der Waals surface area (Å²) in [5.41, 5.74) is 1.00. The minimum atomic E-state index is -0.163. The van der Waals surface area contributed by atoms with Gasteiger partial charge in [-0.25, -0.2) is 4.79 Å². The highest BCUT2D eigenvalue weighted by atomic mass is 35.5. The van der Waals surface area contributed by atoms with Gasteiger partial charge in [0.1, 0.15) is 0 Å². The molecule has 2 heterocycles. The van der Waals surface area contributed by atoms with Crippen molar-refractivity contribution in [1.29, 1.82) is 0 Å². The molecule has 0 aliphatic carbocycles. The van der Waals surface area contributed by atoms with Crippen molar-refractivity contribution in [2.45, 2.75) is 25.9 Å². The highest BCUT2D eigenvalue weighted by Crippen LogP contribution is 2.17. The van der Waals surface area contributed by atoms with E-state index in [2.05, 4.69) is 10.6 Å². The van der Waals surface area contributed by atoms with Crippen LogP contribution in [-0.2, 0) is 17.9 Å². The van der Waals surface area contributed by atoms with Crippen LogP contribution in [0.25, 0.3) is 0 Å². The fourth-order valence-corrected chi connectivity index (χ4v) is 3.77. The number of hydrogen-bond donors (Lipinski definition) is 2. The summed E-state index contributed by atoms with van der Waals surface area (Å²) >= 11 is 7.49. The van der Waals surface area contributed by atoms with Crippen LogP contribution in [0.3, 0.4) is 0 Å². The van der Waals surface area contributed by atoms with E-state index < -0.39 is 0 Å². The van der Waals surface area contributed by atoms with Crippen molar-refractivity contribution in [2.24, 2.45) is 5.92 Å². The average molecular weight is 392 g/mol. The highest BCUT2D eigenvalue weighted by molar-refractivity contribution is 7.09. The van der Waals surface area contributed by atoms with E-state index >= 15 is 0 Å². The molecular formula is C19H22ClN3O2S. The van der Waals surface area contributed by atoms with Crippen molar-refractivity contribution < 1.29 is 9.59 Å². The molecule has 26 heavy (non-hydrogen) atoms. The number of nitrogens with zero attached hydrogens (tertiary/aromatic N) is 1. The molecule has 2 aromatic rings. The smallest absolute Gasteiger partial charge is 0.317 e. The predicted octanol–water partition coefficient (Wildman–Crippen LogP) is 3.64. The molecule has 0 spiro atoms. The van der Waals surface area contributed by atoms with Crippen LogP contribution >= 0.6 is 22.9 Å². The Hall–Kier alpha value is -2.05. The largest absolute Gasteiger partial charge is 0.352 e. The Labute approximate surface area is 162 Å². The number of carbonyl (C=O) groups excluding carboxylic acids is 2. The van der Waals surface area contributed by atoms with E-state index in [1.165, 1.54) is 0 Å². The molecule has 1 saturated heterocycles. The van der Waals surface area contributed by atoms with Crippen LogP contribution in [0, 0.1) is 5.92 Å². The lowest BCUT2D eigenvalue weighted by Gasteiger charge is -2.32. The summed E-state index contributed by atoms with van der Waals surface area (Å²) in [5.74, 6) is -0.167. The zero-order valence-electron chi connectivity index (χ0n) is 14.4. The van der Waals surface area contributed by atoms with Crippen LogP contribution in [0.2, 0.25) is 5.02 Å². The van der Waals surface area contributed by atoms with Gasteiger partial charge in [-0.05, 0) is 42.0 Å². The fourth-order valence-electron chi connectivity index (χ4n) is 3.00. The number of benzene rings is 1. The Morgan fingerprint density at radius 1 is 1.15 bits per heavy atom. The molecule has 1 aromatic heterocycles. The van der Waals surface area contributed by atoms with Gasteiger partial charge in [0.25, 0.3) is 0 Å². The maximum atomic E-state index is 12.5. The maximum absolute atomic E-state index is 12.5. The molecule has 1 aromatic carbocycles. The second-order valence-electron chi connectivity index (χ2n) is 6.37. The lowest BCUT2D eigenvalue weighted by molar-refractivity contribution is -0.126. The molecule has 0 bridgehead atoms. The Balaban J connectivity index is 1.46. The molecule has 1 aliphatic heterocycles. The van der Waals surface area contributed by atoms with E-state index in [4.69, 9.17) is 11.6 Å². The number of piperidine rings is 1. The first-order valence-corrected chi connectivity index (χ1v) is 9.95. The number of hydrogen-bond acceptors (Lipinski definition) is 3. The summed E-state index contributed by atoms with van der Waals surface area (Å²) in [6.45, 7) is 2.15. The van der Waals surface area contributed by atoms with Crippen molar-refractivity contribution in [3.8, 4) is 0 Å². The van der Waals surface area contributed by atoms with Crippen LogP contribution < -0.4 is 10.6 Å². The highest BCUT2D eigenvalue weighted by Gasteiger charge is 2.28. The maximum Gasteiger partial charge on any atom is 0.317 e. The van der Waals surface area contributed by atoms with E-state index in [9.17, 15) is 9.59 Å². The second kappa shape index (κ2) is 9.05. The van der Waals surface area contributed by atoms with Gasteiger partial charge in [0.15, 0.2) is 0 Å². The van der Waals surface area contributed by atoms with Crippen molar-refractivity contribution >= 4 is 34.9 Å². The molecule has 7 heteroatoms. The predicted molar refractivity (Wildman–Crippen MR) is 104 cm³/mol. The topological polar surface area (TPSA) is 61.4 Å². The number of halogens is 1. The molecule has 1 atom stereocenters. The number of thiophene rings is 1. The number of urea groups is 1. The second-order valence-corrected chi connectivity index (χ2v) is 7.84. The lowest BCUT2D eigenvalue weighted by Crippen LogP contribution is -2.48. The summed E-state index contributed by atoms with van der Waals surface area (Å²) < 4.78 is 0. The SMILES string of the molecule is O=C(NCc1ccc(Cl)cc1)C1CCCN(C(=O)NCc2cccs2)C1. The zero-order valence-corrected chi connectivity index (χ0v) is 16.0. The first-order valence-electron chi connectivity index (χ1n) is 8.69. The minimum absolute atomic E-state index is 0.00398. The molecular weight excluding hydrogens is 370 g/mol. The van der Waals surface area contributed by atoms with E-state index in [-0.39, 0.29) is 17.9 Å². The van der Waals surface area contributed by atoms with E-state index in [0.717, 1.165) is 23.3 Å². The quantitative estimate of drug-likeness (QED) is 0.817. The molecule has 2 N–H and O–H groups in total. The van der Waals surface area contributed by atoms with Crippen LogP contribution in [0.4, 0.5) is 4.79 Å². The van der Waals surface area contributed by atoms with Gasteiger partial charge in [-0.1, -0.05) is 29.8 Å². The third-order valence-electron chi connectivity index (χ3n) is 4.45. The molecule has 1 fully saturated rings. The normalized spacial score (nSPS) is 17.0. The van der Waals surface area contributed by atoms with Gasteiger partial charge in [-0.3, -0.25) is 4.79 Å². The Morgan fingerprint density at radius 3 is 2.69 bits per heavy atom. The minimum Gasteiger partial charge on any atom is -0.352 e. The van der Waals surface area contributed by atoms with Gasteiger partial charge in [-0.15, -0.1) is 11.3 Å². The van der Waals surface area contributed by atoms with Gasteiger partial charge in [0, 0.05) is 29.5 Å². The molecule has 1 aliphatic rings. The Kier molecular flexibility index (Phi) is 6.52. The lowest BCUT2D eigenvalue weighted by atomic mass is 9.97. The Morgan fingerprint density at radius 2 is 1.96 bits per heavy atom. The fraction of sp³-hybridized carbons (Fsp3) is 0.368. The van der Waals surface area contributed by atoms with Gasteiger partial charge < -0.3 is 15.5 Å². The van der Waals surface area contributed by atoms with Gasteiger partial charge in [0.2, 0.25) is 5.91 Å². The summed E-state index contributed by atoms with van der Waals surface area (Å²) in [5, 5.41) is 8.56. The monoisotopic (exact) mass is 391 g/mol. The van der Waals surface area contributed by atoms with Crippen molar-refractivity contribution in [1.82, 2.24) is 15.5 Å². The molecule has 3 amide bonds. The number of rotatable bonds is 5. The summed E-state index contributed by atoms with van der Waals surface area (Å²) in [4.78, 5) is 27.7. The molecule has 0 saturated carbocycles. The summed E-state index contributed by atoms with van der Waals surface area (Å²) in [6.07, 6.45) is 1.65. The van der Waals surface area contributed by atoms with Crippen molar-refractivity contribution in [3.05, 3.63) is 57.2 Å². The molecule has 3 rings (SSSR count). The average Bonchev–Trinajstić information content (AvgIpc) is 3.19. The zero-order chi connectivity index (χ0) is 18.4. The number of nitrogens with one attached hydrogen (secondary N) is 2. The third kappa shape index (κ3) is 5.22. The third-order valence-corrected chi connectivity index (χ3v) is 5.58. The number of likely N-dealkylation sites (tertiary alicyclic amines) is 1. The first kappa shape index (κ1) is 18.7. The van der Waals surface area contributed by atoms with Crippen molar-refractivity contribution in [2.75, 3.05) is 13.1 Å². The van der Waals surface area contributed by atoms with Gasteiger partial charge >= 0.3 is 6.03 Å². The molecule has 138 valence electrons. The van der Waals surface area contributed by atoms with Gasteiger partial charge in [0.05, 0.1) is 12.5 Å². The summed E-state index contributed by atoms with van der Waals surface area (Å²) in [7, 11) is 0. The van der Waals surface area contributed by atoms with Gasteiger partial charge in [-0.2, -0.15) is 0 Å². The van der Waals surface area contributed by atoms with E-state index in [1.807, 2.05) is 41.8 Å². The van der Waals surface area contributed by atoms with Crippen LogP contribution in [0.1, 0.15) is 23.3 Å². The summed E-state index contributed by atoms with van der Waals surface area (Å²) in [6, 6.07) is 11.3. The van der Waals surface area contributed by atoms with Crippen LogP contribution in [0.5, 0.6) is 0 Å². The standard InChI is InChI=1S/C19H22ClN3O2S/c20-16-7-5-14(6-8-16)11-21-18(24)15-3-1-9-23(13-15)19(25)22-12-17-4-2-10-26-17/h2,4-8,10,15H,1,3,9,11-13H2,(H,21,24)(H,22,25). The number of carbonyl (C=O) groups is 2. The molecule has 0 radical (unpaired) electrons. The van der Waals surface area contributed by atoms with Crippen molar-refractivity contribution in [3.63, 3.8) is 0 Å². The van der Waals surface area contributed by atoms with Crippen LogP contribution in [-0.4, -0.2) is 29.9 Å².